The minimum Gasteiger partial charge on any atom is -0.444 e. The Morgan fingerprint density at radius 1 is 1.35 bits per heavy atom. The van der Waals surface area contributed by atoms with E-state index in [0.29, 0.717) is 18.8 Å². The summed E-state index contributed by atoms with van der Waals surface area (Å²) in [4.78, 5) is 16.1. The number of fused-ring (bicyclic) bond motifs is 2. The Balaban J connectivity index is 1.74. The maximum absolute atomic E-state index is 14.2. The molecule has 0 spiro atoms. The molecule has 2 heterocycles. The van der Waals surface area contributed by atoms with Gasteiger partial charge in [-0.3, -0.25) is 0 Å². The summed E-state index contributed by atoms with van der Waals surface area (Å²) in [5.41, 5.74) is 0.995. The number of ether oxygens (including phenoxy) is 1. The Morgan fingerprint density at radius 2 is 2.09 bits per heavy atom. The molecule has 1 aromatic carbocycles. The Labute approximate surface area is 136 Å². The van der Waals surface area contributed by atoms with E-state index in [9.17, 15) is 9.18 Å². The number of hydrogen-bond donors (Lipinski definition) is 0. The van der Waals surface area contributed by atoms with Crippen LogP contribution in [-0.2, 0) is 4.74 Å². The van der Waals surface area contributed by atoms with Crippen LogP contribution in [0.15, 0.2) is 24.8 Å². The highest BCUT2D eigenvalue weighted by atomic mass is 19.1. The second-order valence-electron chi connectivity index (χ2n) is 7.24. The molecule has 5 heteroatoms. The first-order valence-corrected chi connectivity index (χ1v) is 7.97. The van der Waals surface area contributed by atoms with Crippen LogP contribution in [0.4, 0.5) is 14.9 Å². The van der Waals surface area contributed by atoms with Gasteiger partial charge in [-0.1, -0.05) is 18.7 Å². The lowest BCUT2D eigenvalue weighted by Gasteiger charge is -2.36. The number of nitrogens with zero attached hydrogens (tertiary/aromatic N) is 2. The summed E-state index contributed by atoms with van der Waals surface area (Å²) in [5.74, 6) is -0.230. The van der Waals surface area contributed by atoms with E-state index >= 15 is 0 Å². The summed E-state index contributed by atoms with van der Waals surface area (Å²) < 4.78 is 19.6. The number of carbonyl (C=O) groups is 1. The first-order chi connectivity index (χ1) is 10.8. The number of piperazine rings is 1. The van der Waals surface area contributed by atoms with Crippen LogP contribution in [0.5, 0.6) is 0 Å². The van der Waals surface area contributed by atoms with E-state index in [1.165, 1.54) is 6.07 Å². The summed E-state index contributed by atoms with van der Waals surface area (Å²) in [6.07, 6.45) is 2.30. The van der Waals surface area contributed by atoms with E-state index in [1.807, 2.05) is 26.8 Å². The van der Waals surface area contributed by atoms with Crippen molar-refractivity contribution in [3.63, 3.8) is 0 Å². The predicted octanol–water partition coefficient (Wildman–Crippen LogP) is 3.67. The van der Waals surface area contributed by atoms with Gasteiger partial charge in [0.05, 0.1) is 11.7 Å². The maximum atomic E-state index is 14.2. The molecule has 0 radical (unpaired) electrons. The highest BCUT2D eigenvalue weighted by molar-refractivity contribution is 5.70. The fraction of sp³-hybridized carbons (Fsp3) is 0.500. The molecule has 2 bridgehead atoms. The molecule has 1 aromatic rings. The van der Waals surface area contributed by atoms with Crippen LogP contribution in [0.3, 0.4) is 0 Å². The largest absolute Gasteiger partial charge is 0.444 e. The first-order valence-electron chi connectivity index (χ1n) is 7.97. The molecule has 2 aliphatic heterocycles. The zero-order valence-electron chi connectivity index (χ0n) is 13.9. The SMILES string of the molecule is C=Cc1ccc(F)c(N2C[C@@H]3C[C@H]2CN3C(=O)OC(C)(C)C)c1. The number of carbonyl (C=O) groups excluding carboxylic acids is 1. The van der Waals surface area contributed by atoms with Crippen LogP contribution in [0.25, 0.3) is 6.08 Å². The normalized spacial score (nSPS) is 23.3. The van der Waals surface area contributed by atoms with E-state index in [1.54, 1.807) is 17.0 Å². The van der Waals surface area contributed by atoms with Crippen LogP contribution < -0.4 is 4.90 Å². The zero-order valence-corrected chi connectivity index (χ0v) is 13.9. The van der Waals surface area contributed by atoms with E-state index in [2.05, 4.69) is 11.5 Å². The highest BCUT2D eigenvalue weighted by Crippen LogP contribution is 2.36. The molecule has 1 amide bonds. The lowest BCUT2D eigenvalue weighted by Crippen LogP contribution is -2.50. The van der Waals surface area contributed by atoms with E-state index in [-0.39, 0.29) is 24.0 Å². The predicted molar refractivity (Wildman–Crippen MR) is 89.0 cm³/mol. The highest BCUT2D eigenvalue weighted by Gasteiger charge is 2.47. The van der Waals surface area contributed by atoms with Crippen molar-refractivity contribution in [1.29, 1.82) is 0 Å². The molecule has 2 aliphatic rings. The Kier molecular flexibility index (Phi) is 3.82. The van der Waals surface area contributed by atoms with Gasteiger partial charge in [0, 0.05) is 19.1 Å². The van der Waals surface area contributed by atoms with Crippen LogP contribution in [-0.4, -0.2) is 41.8 Å². The molecule has 23 heavy (non-hydrogen) atoms. The Bertz CT molecular complexity index is 638. The van der Waals surface area contributed by atoms with E-state index in [4.69, 9.17) is 4.74 Å². The number of halogens is 1. The molecule has 0 saturated carbocycles. The molecule has 2 atom stereocenters. The third-order valence-electron chi connectivity index (χ3n) is 4.38. The minimum absolute atomic E-state index is 0.0848. The van der Waals surface area contributed by atoms with Gasteiger partial charge in [-0.25, -0.2) is 9.18 Å². The average Bonchev–Trinajstić information content (AvgIpc) is 3.06. The molecular weight excluding hydrogens is 295 g/mol. The van der Waals surface area contributed by atoms with Gasteiger partial charge in [0.1, 0.15) is 11.4 Å². The van der Waals surface area contributed by atoms with Crippen molar-refractivity contribution in [2.75, 3.05) is 18.0 Å². The zero-order chi connectivity index (χ0) is 16.8. The molecule has 2 saturated heterocycles. The third kappa shape index (κ3) is 3.05. The maximum Gasteiger partial charge on any atom is 0.410 e. The molecule has 0 aromatic heterocycles. The molecule has 0 N–H and O–H groups in total. The molecule has 4 nitrogen and oxygen atoms in total. The second kappa shape index (κ2) is 5.55. The van der Waals surface area contributed by atoms with Crippen molar-refractivity contribution in [3.8, 4) is 0 Å². The minimum atomic E-state index is -0.497. The molecule has 0 aliphatic carbocycles. The molecule has 3 rings (SSSR count). The van der Waals surface area contributed by atoms with Gasteiger partial charge in [-0.2, -0.15) is 0 Å². The summed E-state index contributed by atoms with van der Waals surface area (Å²) in [7, 11) is 0. The number of anilines is 1. The van der Waals surface area contributed by atoms with Crippen LogP contribution in [0, 0.1) is 5.82 Å². The summed E-state index contributed by atoms with van der Waals surface area (Å²) in [5, 5.41) is 0. The monoisotopic (exact) mass is 318 g/mol. The summed E-state index contributed by atoms with van der Waals surface area (Å²) in [6.45, 7) is 10.5. The third-order valence-corrected chi connectivity index (χ3v) is 4.38. The van der Waals surface area contributed by atoms with Gasteiger partial charge in [0.25, 0.3) is 0 Å². The van der Waals surface area contributed by atoms with Gasteiger partial charge in [-0.15, -0.1) is 0 Å². The van der Waals surface area contributed by atoms with Crippen molar-refractivity contribution in [2.24, 2.45) is 0 Å². The van der Waals surface area contributed by atoms with Crippen LogP contribution in [0.2, 0.25) is 0 Å². The molecule has 2 fully saturated rings. The van der Waals surface area contributed by atoms with Crippen molar-refractivity contribution < 1.29 is 13.9 Å². The lowest BCUT2D eigenvalue weighted by atomic mass is 10.1. The number of hydrogen-bond acceptors (Lipinski definition) is 3. The van der Waals surface area contributed by atoms with Crippen molar-refractivity contribution in [1.82, 2.24) is 4.90 Å². The van der Waals surface area contributed by atoms with E-state index < -0.39 is 5.60 Å². The van der Waals surface area contributed by atoms with Gasteiger partial charge < -0.3 is 14.5 Å². The van der Waals surface area contributed by atoms with Gasteiger partial charge >= 0.3 is 6.09 Å². The van der Waals surface area contributed by atoms with Crippen molar-refractivity contribution >= 4 is 17.9 Å². The quantitative estimate of drug-likeness (QED) is 0.834. The fourth-order valence-corrected chi connectivity index (χ4v) is 3.38. The average molecular weight is 318 g/mol. The number of likely N-dealkylation sites (tertiary alicyclic amines) is 1. The second-order valence-corrected chi connectivity index (χ2v) is 7.24. The Morgan fingerprint density at radius 3 is 2.65 bits per heavy atom. The van der Waals surface area contributed by atoms with Gasteiger partial charge in [0.15, 0.2) is 0 Å². The summed E-state index contributed by atoms with van der Waals surface area (Å²) in [6, 6.07) is 5.24. The molecule has 0 unspecified atom stereocenters. The van der Waals surface area contributed by atoms with Crippen molar-refractivity contribution in [3.05, 3.63) is 36.2 Å². The number of benzene rings is 1. The standard InChI is InChI=1S/C18H23FN2O2/c1-5-12-6-7-15(19)16(8-12)20-10-14-9-13(20)11-21(14)17(22)23-18(2,3)4/h5-8,13-14H,1,9-11H2,2-4H3/t13-,14-/m0/s1. The van der Waals surface area contributed by atoms with E-state index in [0.717, 1.165) is 12.0 Å². The smallest absolute Gasteiger partial charge is 0.410 e. The van der Waals surface area contributed by atoms with Crippen LogP contribution in [0.1, 0.15) is 32.8 Å². The van der Waals surface area contributed by atoms with Crippen molar-refractivity contribution in [2.45, 2.75) is 44.9 Å². The van der Waals surface area contributed by atoms with Gasteiger partial charge in [0.2, 0.25) is 0 Å². The number of amides is 1. The molecular formula is C18H23FN2O2. The summed E-state index contributed by atoms with van der Waals surface area (Å²) >= 11 is 0. The fourth-order valence-electron chi connectivity index (χ4n) is 3.38. The number of rotatable bonds is 2. The van der Waals surface area contributed by atoms with Crippen LogP contribution >= 0.6 is 0 Å². The lowest BCUT2D eigenvalue weighted by molar-refractivity contribution is 0.0214. The molecule has 124 valence electrons. The topological polar surface area (TPSA) is 32.8 Å². The van der Waals surface area contributed by atoms with Gasteiger partial charge in [-0.05, 0) is 44.9 Å². The Hall–Kier alpha value is -2.04. The first kappa shape index (κ1) is 15.8.